The fraction of sp³-hybridized carbons (Fsp3) is 0.300. The van der Waals surface area contributed by atoms with Crippen LogP contribution in [0.1, 0.15) is 34.5 Å². The Morgan fingerprint density at radius 2 is 1.64 bits per heavy atom. The van der Waals surface area contributed by atoms with Gasteiger partial charge in [0.25, 0.3) is 5.91 Å². The van der Waals surface area contributed by atoms with Crippen molar-refractivity contribution in [1.29, 1.82) is 0 Å². The molecule has 0 radical (unpaired) electrons. The van der Waals surface area contributed by atoms with E-state index in [0.717, 1.165) is 11.1 Å². The van der Waals surface area contributed by atoms with Crippen LogP contribution in [0.15, 0.2) is 54.6 Å². The summed E-state index contributed by atoms with van der Waals surface area (Å²) in [5, 5.41) is 2.91. The third-order valence-corrected chi connectivity index (χ3v) is 4.21. The summed E-state index contributed by atoms with van der Waals surface area (Å²) in [5.41, 5.74) is 8.69. The van der Waals surface area contributed by atoms with Crippen LogP contribution < -0.4 is 11.1 Å². The molecule has 2 unspecified atom stereocenters. The van der Waals surface area contributed by atoms with Crippen molar-refractivity contribution >= 4 is 11.8 Å². The van der Waals surface area contributed by atoms with Crippen molar-refractivity contribution in [3.63, 3.8) is 0 Å². The van der Waals surface area contributed by atoms with Gasteiger partial charge in [-0.2, -0.15) is 0 Å². The summed E-state index contributed by atoms with van der Waals surface area (Å²) in [6, 6.07) is 16.5. The second-order valence-electron chi connectivity index (χ2n) is 6.34. The fourth-order valence-electron chi connectivity index (χ4n) is 2.50. The molecule has 2 aromatic rings. The minimum atomic E-state index is -0.346. The molecule has 5 heteroatoms. The van der Waals surface area contributed by atoms with E-state index in [-0.39, 0.29) is 23.8 Å². The van der Waals surface area contributed by atoms with Crippen molar-refractivity contribution in [1.82, 2.24) is 10.2 Å². The second-order valence-corrected chi connectivity index (χ2v) is 6.34. The van der Waals surface area contributed by atoms with Crippen LogP contribution in [-0.2, 0) is 11.3 Å². The maximum atomic E-state index is 12.3. The SMILES string of the molecule is CC(C(=O)NCc1ccc(C(=O)N(C)C)cc1)C(N)c1ccccc1. The molecule has 0 aliphatic carbocycles. The highest BCUT2D eigenvalue weighted by Crippen LogP contribution is 2.19. The van der Waals surface area contributed by atoms with Gasteiger partial charge in [-0.25, -0.2) is 0 Å². The Balaban J connectivity index is 1.92. The van der Waals surface area contributed by atoms with E-state index in [4.69, 9.17) is 5.73 Å². The third kappa shape index (κ3) is 4.90. The summed E-state index contributed by atoms with van der Waals surface area (Å²) >= 11 is 0. The normalized spacial score (nSPS) is 13.0. The van der Waals surface area contributed by atoms with Crippen LogP contribution in [-0.4, -0.2) is 30.8 Å². The summed E-state index contributed by atoms with van der Waals surface area (Å²) in [6.07, 6.45) is 0. The van der Waals surface area contributed by atoms with Gasteiger partial charge in [-0.1, -0.05) is 49.4 Å². The molecular formula is C20H25N3O2. The number of carbonyl (C=O) groups is 2. The van der Waals surface area contributed by atoms with Gasteiger partial charge in [0.2, 0.25) is 5.91 Å². The zero-order valence-corrected chi connectivity index (χ0v) is 14.9. The lowest BCUT2D eigenvalue weighted by molar-refractivity contribution is -0.125. The van der Waals surface area contributed by atoms with Crippen LogP contribution in [0.2, 0.25) is 0 Å². The highest BCUT2D eigenvalue weighted by molar-refractivity contribution is 5.93. The van der Waals surface area contributed by atoms with Crippen molar-refractivity contribution < 1.29 is 9.59 Å². The van der Waals surface area contributed by atoms with Gasteiger partial charge >= 0.3 is 0 Å². The fourth-order valence-corrected chi connectivity index (χ4v) is 2.50. The molecule has 2 aromatic carbocycles. The van der Waals surface area contributed by atoms with Crippen molar-refractivity contribution in [3.05, 3.63) is 71.3 Å². The molecule has 0 aromatic heterocycles. The molecule has 2 atom stereocenters. The highest BCUT2D eigenvalue weighted by atomic mass is 16.2. The molecule has 0 saturated carbocycles. The van der Waals surface area contributed by atoms with Crippen molar-refractivity contribution in [2.45, 2.75) is 19.5 Å². The molecule has 132 valence electrons. The van der Waals surface area contributed by atoms with E-state index in [0.29, 0.717) is 12.1 Å². The first-order valence-corrected chi connectivity index (χ1v) is 8.29. The number of rotatable bonds is 6. The van der Waals surface area contributed by atoms with Crippen LogP contribution in [0.3, 0.4) is 0 Å². The minimum Gasteiger partial charge on any atom is -0.352 e. The number of hydrogen-bond donors (Lipinski definition) is 2. The Labute approximate surface area is 148 Å². The van der Waals surface area contributed by atoms with E-state index in [9.17, 15) is 9.59 Å². The number of nitrogens with zero attached hydrogens (tertiary/aromatic N) is 1. The van der Waals surface area contributed by atoms with Gasteiger partial charge in [-0.05, 0) is 23.3 Å². The van der Waals surface area contributed by atoms with Crippen molar-refractivity contribution in [3.8, 4) is 0 Å². The molecule has 2 rings (SSSR count). The zero-order valence-electron chi connectivity index (χ0n) is 14.9. The quantitative estimate of drug-likeness (QED) is 0.848. The molecular weight excluding hydrogens is 314 g/mol. The van der Waals surface area contributed by atoms with Crippen molar-refractivity contribution in [2.24, 2.45) is 11.7 Å². The molecule has 0 aliphatic heterocycles. The number of nitrogens with two attached hydrogens (primary N) is 1. The largest absolute Gasteiger partial charge is 0.352 e. The second kappa shape index (κ2) is 8.44. The van der Waals surface area contributed by atoms with Crippen LogP contribution in [0.25, 0.3) is 0 Å². The first-order chi connectivity index (χ1) is 11.9. The van der Waals surface area contributed by atoms with Gasteiger partial charge in [-0.15, -0.1) is 0 Å². The van der Waals surface area contributed by atoms with Crippen LogP contribution >= 0.6 is 0 Å². The molecule has 0 bridgehead atoms. The smallest absolute Gasteiger partial charge is 0.253 e. The average Bonchev–Trinajstić information content (AvgIpc) is 2.65. The first kappa shape index (κ1) is 18.7. The maximum Gasteiger partial charge on any atom is 0.253 e. The summed E-state index contributed by atoms with van der Waals surface area (Å²) in [4.78, 5) is 25.7. The van der Waals surface area contributed by atoms with Crippen LogP contribution in [0, 0.1) is 5.92 Å². The highest BCUT2D eigenvalue weighted by Gasteiger charge is 2.21. The number of nitrogens with one attached hydrogen (secondary N) is 1. The van der Waals surface area contributed by atoms with E-state index >= 15 is 0 Å². The minimum absolute atomic E-state index is 0.0435. The predicted octanol–water partition coefficient (Wildman–Crippen LogP) is 2.34. The van der Waals surface area contributed by atoms with E-state index in [2.05, 4.69) is 5.32 Å². The van der Waals surface area contributed by atoms with Gasteiger partial charge < -0.3 is 16.0 Å². The van der Waals surface area contributed by atoms with Crippen LogP contribution in [0.4, 0.5) is 0 Å². The topological polar surface area (TPSA) is 75.4 Å². The summed E-state index contributed by atoms with van der Waals surface area (Å²) in [6.45, 7) is 2.23. The first-order valence-electron chi connectivity index (χ1n) is 8.29. The molecule has 5 nitrogen and oxygen atoms in total. The lowest BCUT2D eigenvalue weighted by Gasteiger charge is -2.20. The van der Waals surface area contributed by atoms with E-state index in [1.807, 2.05) is 49.4 Å². The maximum absolute atomic E-state index is 12.3. The Morgan fingerprint density at radius 3 is 2.20 bits per heavy atom. The van der Waals surface area contributed by atoms with Gasteiger partial charge in [0, 0.05) is 32.2 Å². The summed E-state index contributed by atoms with van der Waals surface area (Å²) in [5.74, 6) is -0.472. The molecule has 0 fully saturated rings. The van der Waals surface area contributed by atoms with E-state index in [1.165, 1.54) is 4.90 Å². The average molecular weight is 339 g/mol. The molecule has 0 saturated heterocycles. The lowest BCUT2D eigenvalue weighted by atomic mass is 9.94. The number of amides is 2. The molecule has 0 heterocycles. The standard InChI is InChI=1S/C20H25N3O2/c1-14(18(21)16-7-5-4-6-8-16)19(24)22-13-15-9-11-17(12-10-15)20(25)23(2)3/h4-12,14,18H,13,21H2,1-3H3,(H,22,24). The van der Waals surface area contributed by atoms with E-state index < -0.39 is 0 Å². The molecule has 3 N–H and O–H groups in total. The summed E-state index contributed by atoms with van der Waals surface area (Å²) in [7, 11) is 3.43. The molecule has 2 amide bonds. The molecule has 25 heavy (non-hydrogen) atoms. The molecule has 0 spiro atoms. The van der Waals surface area contributed by atoms with Gasteiger partial charge in [0.05, 0.1) is 5.92 Å². The number of carbonyl (C=O) groups excluding carboxylic acids is 2. The Kier molecular flexibility index (Phi) is 6.31. The molecule has 0 aliphatic rings. The van der Waals surface area contributed by atoms with Gasteiger partial charge in [-0.3, -0.25) is 9.59 Å². The monoisotopic (exact) mass is 339 g/mol. The Hall–Kier alpha value is -2.66. The predicted molar refractivity (Wildman–Crippen MR) is 98.8 cm³/mol. The van der Waals surface area contributed by atoms with E-state index in [1.54, 1.807) is 26.2 Å². The number of benzene rings is 2. The Bertz CT molecular complexity index is 711. The zero-order chi connectivity index (χ0) is 18.4. The van der Waals surface area contributed by atoms with Gasteiger partial charge in [0.15, 0.2) is 0 Å². The number of hydrogen-bond acceptors (Lipinski definition) is 3. The lowest BCUT2D eigenvalue weighted by Crippen LogP contribution is -2.35. The summed E-state index contributed by atoms with van der Waals surface area (Å²) < 4.78 is 0. The van der Waals surface area contributed by atoms with Gasteiger partial charge in [0.1, 0.15) is 0 Å². The Morgan fingerprint density at radius 1 is 1.04 bits per heavy atom. The third-order valence-electron chi connectivity index (χ3n) is 4.21. The van der Waals surface area contributed by atoms with Crippen LogP contribution in [0.5, 0.6) is 0 Å². The van der Waals surface area contributed by atoms with Crippen molar-refractivity contribution in [2.75, 3.05) is 14.1 Å².